The lowest BCUT2D eigenvalue weighted by atomic mass is 10.1. The number of aryl methyl sites for hydroxylation is 2. The average molecular weight is 380 g/mol. The molecule has 3 rings (SSSR count). The second-order valence-electron chi connectivity index (χ2n) is 7.14. The van der Waals surface area contributed by atoms with Gasteiger partial charge in [-0.05, 0) is 49.2 Å². The lowest BCUT2D eigenvalue weighted by Crippen LogP contribution is -2.48. The molecule has 6 nitrogen and oxygen atoms in total. The number of carbonyl (C=O) groups excluding carboxylic acids is 1. The van der Waals surface area contributed by atoms with E-state index in [9.17, 15) is 4.79 Å². The Bertz CT molecular complexity index is 826. The van der Waals surface area contributed by atoms with Gasteiger partial charge in [0.2, 0.25) is 5.91 Å². The first-order chi connectivity index (χ1) is 13.5. The van der Waals surface area contributed by atoms with E-state index < -0.39 is 0 Å². The number of anilines is 2. The normalized spacial score (nSPS) is 14.9. The van der Waals surface area contributed by atoms with Crippen molar-refractivity contribution >= 4 is 23.2 Å². The summed E-state index contributed by atoms with van der Waals surface area (Å²) in [5.41, 5.74) is 10.5. The van der Waals surface area contributed by atoms with E-state index in [-0.39, 0.29) is 5.91 Å². The highest BCUT2D eigenvalue weighted by Gasteiger charge is 2.20. The Labute approximate surface area is 167 Å². The third kappa shape index (κ3) is 5.25. The summed E-state index contributed by atoms with van der Waals surface area (Å²) in [6.07, 6.45) is 0.376. The first kappa shape index (κ1) is 19.7. The quantitative estimate of drug-likeness (QED) is 0.619. The second kappa shape index (κ2) is 9.26. The van der Waals surface area contributed by atoms with Gasteiger partial charge in [-0.1, -0.05) is 24.3 Å². The van der Waals surface area contributed by atoms with E-state index in [0.29, 0.717) is 18.9 Å². The molecule has 1 aliphatic heterocycles. The molecule has 148 valence electrons. The number of nitrogens with zero attached hydrogens (tertiary/aromatic N) is 3. The van der Waals surface area contributed by atoms with E-state index >= 15 is 0 Å². The summed E-state index contributed by atoms with van der Waals surface area (Å²) in [6, 6.07) is 16.4. The van der Waals surface area contributed by atoms with Gasteiger partial charge < -0.3 is 20.9 Å². The molecule has 2 aromatic carbocycles. The Hall–Kier alpha value is -3.02. The topological polar surface area (TPSA) is 74.0 Å². The Morgan fingerprint density at radius 3 is 2.43 bits per heavy atom. The summed E-state index contributed by atoms with van der Waals surface area (Å²) < 4.78 is 0. The molecule has 1 saturated heterocycles. The molecule has 6 heteroatoms. The van der Waals surface area contributed by atoms with Crippen LogP contribution in [0.25, 0.3) is 0 Å². The maximum Gasteiger partial charge on any atom is 0.224 e. The monoisotopic (exact) mass is 379 g/mol. The van der Waals surface area contributed by atoms with E-state index in [1.54, 1.807) is 0 Å². The molecule has 0 atom stereocenters. The number of hydrogen-bond donors (Lipinski definition) is 2. The molecule has 0 aromatic heterocycles. The molecule has 1 fully saturated rings. The second-order valence-corrected chi connectivity index (χ2v) is 7.14. The van der Waals surface area contributed by atoms with Crippen LogP contribution in [0, 0.1) is 13.8 Å². The molecule has 0 aliphatic carbocycles. The number of hydrogen-bond acceptors (Lipinski definition) is 3. The fourth-order valence-corrected chi connectivity index (χ4v) is 3.29. The molecule has 0 saturated carbocycles. The van der Waals surface area contributed by atoms with Crippen LogP contribution < -0.4 is 16.0 Å². The Morgan fingerprint density at radius 2 is 1.75 bits per heavy atom. The van der Waals surface area contributed by atoms with Gasteiger partial charge in [0.1, 0.15) is 0 Å². The van der Waals surface area contributed by atoms with Crippen LogP contribution in [-0.2, 0) is 4.79 Å². The predicted octanol–water partition coefficient (Wildman–Crippen LogP) is 2.77. The van der Waals surface area contributed by atoms with Crippen LogP contribution in [-0.4, -0.2) is 49.5 Å². The fourth-order valence-electron chi connectivity index (χ4n) is 3.29. The third-order valence-electron chi connectivity index (χ3n) is 5.14. The van der Waals surface area contributed by atoms with Crippen LogP contribution in [0.5, 0.6) is 0 Å². The number of nitrogens with one attached hydrogen (secondary N) is 1. The van der Waals surface area contributed by atoms with Gasteiger partial charge in [0.05, 0.1) is 6.54 Å². The largest absolute Gasteiger partial charge is 0.370 e. The molecule has 0 radical (unpaired) electrons. The average Bonchev–Trinajstić information content (AvgIpc) is 2.71. The van der Waals surface area contributed by atoms with Crippen LogP contribution in [0.15, 0.2) is 53.5 Å². The van der Waals surface area contributed by atoms with Gasteiger partial charge in [-0.15, -0.1) is 0 Å². The zero-order valence-electron chi connectivity index (χ0n) is 16.7. The van der Waals surface area contributed by atoms with Gasteiger partial charge in [0.15, 0.2) is 5.96 Å². The van der Waals surface area contributed by atoms with E-state index in [4.69, 9.17) is 5.73 Å². The lowest BCUT2D eigenvalue weighted by Gasteiger charge is -2.36. The zero-order valence-corrected chi connectivity index (χ0v) is 16.7. The smallest absolute Gasteiger partial charge is 0.224 e. The van der Waals surface area contributed by atoms with Gasteiger partial charge in [0, 0.05) is 44.0 Å². The van der Waals surface area contributed by atoms with Crippen molar-refractivity contribution in [2.45, 2.75) is 20.3 Å². The molecule has 2 aromatic rings. The Balaban J connectivity index is 1.42. The molecule has 0 bridgehead atoms. The zero-order chi connectivity index (χ0) is 19.9. The maximum atomic E-state index is 12.4. The number of benzene rings is 2. The highest BCUT2D eigenvalue weighted by molar-refractivity contribution is 5.92. The number of amides is 1. The standard InChI is InChI=1S/C22H29N5O/c1-17-8-9-19(16-18(17)2)25-22(23)24-11-10-21(28)27-14-12-26(13-15-27)20-6-4-3-5-7-20/h3-9,16H,10-15H2,1-2H3,(H3,23,24,25). The van der Waals surface area contributed by atoms with Crippen molar-refractivity contribution < 1.29 is 4.79 Å². The molecule has 1 amide bonds. The van der Waals surface area contributed by atoms with Gasteiger partial charge in [-0.3, -0.25) is 9.79 Å². The summed E-state index contributed by atoms with van der Waals surface area (Å²) in [5.74, 6) is 0.473. The number of para-hydroxylation sites is 1. The first-order valence-corrected chi connectivity index (χ1v) is 9.75. The summed E-state index contributed by atoms with van der Waals surface area (Å²) in [6.45, 7) is 7.72. The molecular weight excluding hydrogens is 350 g/mol. The molecule has 0 spiro atoms. The summed E-state index contributed by atoms with van der Waals surface area (Å²) in [5, 5.41) is 3.08. The highest BCUT2D eigenvalue weighted by Crippen LogP contribution is 2.16. The van der Waals surface area contributed by atoms with Gasteiger partial charge in [-0.25, -0.2) is 0 Å². The SMILES string of the molecule is Cc1ccc(NC(N)=NCCC(=O)N2CCN(c3ccccc3)CC2)cc1C. The molecule has 0 unspecified atom stereocenters. The minimum absolute atomic E-state index is 0.135. The van der Waals surface area contributed by atoms with Crippen LogP contribution >= 0.6 is 0 Å². The number of guanidine groups is 1. The third-order valence-corrected chi connectivity index (χ3v) is 5.14. The van der Waals surface area contributed by atoms with Gasteiger partial charge in [0.25, 0.3) is 0 Å². The van der Waals surface area contributed by atoms with Crippen molar-refractivity contribution in [3.05, 3.63) is 59.7 Å². The number of nitrogens with two attached hydrogens (primary N) is 1. The Kier molecular flexibility index (Phi) is 6.53. The summed E-state index contributed by atoms with van der Waals surface area (Å²) in [4.78, 5) is 21.0. The molecule has 1 aliphatic rings. The highest BCUT2D eigenvalue weighted by atomic mass is 16.2. The summed E-state index contributed by atoms with van der Waals surface area (Å²) in [7, 11) is 0. The molecule has 28 heavy (non-hydrogen) atoms. The number of carbonyl (C=O) groups is 1. The summed E-state index contributed by atoms with van der Waals surface area (Å²) >= 11 is 0. The van der Waals surface area contributed by atoms with Crippen molar-refractivity contribution in [1.82, 2.24) is 4.90 Å². The van der Waals surface area contributed by atoms with Gasteiger partial charge in [-0.2, -0.15) is 0 Å². The van der Waals surface area contributed by atoms with Crippen molar-refractivity contribution in [3.8, 4) is 0 Å². The molecule has 1 heterocycles. The Morgan fingerprint density at radius 1 is 1.04 bits per heavy atom. The van der Waals surface area contributed by atoms with E-state index in [0.717, 1.165) is 31.9 Å². The van der Waals surface area contributed by atoms with Crippen LogP contribution in [0.3, 0.4) is 0 Å². The lowest BCUT2D eigenvalue weighted by molar-refractivity contribution is -0.131. The van der Waals surface area contributed by atoms with Crippen molar-refractivity contribution in [2.75, 3.05) is 42.9 Å². The molecule has 3 N–H and O–H groups in total. The predicted molar refractivity (Wildman–Crippen MR) is 116 cm³/mol. The van der Waals surface area contributed by atoms with E-state index in [1.807, 2.05) is 41.3 Å². The van der Waals surface area contributed by atoms with Gasteiger partial charge >= 0.3 is 0 Å². The number of rotatable bonds is 5. The number of aliphatic imine (C=N–C) groups is 1. The fraction of sp³-hybridized carbons (Fsp3) is 0.364. The van der Waals surface area contributed by atoms with E-state index in [2.05, 4.69) is 41.2 Å². The minimum atomic E-state index is 0.135. The molecular formula is C22H29N5O. The van der Waals surface area contributed by atoms with Crippen LogP contribution in [0.4, 0.5) is 11.4 Å². The van der Waals surface area contributed by atoms with Crippen molar-refractivity contribution in [2.24, 2.45) is 10.7 Å². The minimum Gasteiger partial charge on any atom is -0.370 e. The van der Waals surface area contributed by atoms with E-state index in [1.165, 1.54) is 16.8 Å². The van der Waals surface area contributed by atoms with Crippen molar-refractivity contribution in [1.29, 1.82) is 0 Å². The van der Waals surface area contributed by atoms with Crippen LogP contribution in [0.1, 0.15) is 17.5 Å². The number of piperazine rings is 1. The first-order valence-electron chi connectivity index (χ1n) is 9.75. The van der Waals surface area contributed by atoms with Crippen LogP contribution in [0.2, 0.25) is 0 Å². The maximum absolute atomic E-state index is 12.4. The van der Waals surface area contributed by atoms with Crippen molar-refractivity contribution in [3.63, 3.8) is 0 Å².